The van der Waals surface area contributed by atoms with Gasteiger partial charge in [0.15, 0.2) is 0 Å². The fourth-order valence-corrected chi connectivity index (χ4v) is 4.15. The second-order valence-corrected chi connectivity index (χ2v) is 9.33. The number of ether oxygens (including phenoxy) is 1. The Morgan fingerprint density at radius 2 is 1.67 bits per heavy atom. The Kier molecular flexibility index (Phi) is 8.82. The summed E-state index contributed by atoms with van der Waals surface area (Å²) in [6.07, 6.45) is -1.74. The van der Waals surface area contributed by atoms with Gasteiger partial charge in [-0.05, 0) is 18.1 Å². The number of hydrogen-bond acceptors (Lipinski definition) is 8. The van der Waals surface area contributed by atoms with Gasteiger partial charge >= 0.3 is 5.97 Å². The molecule has 0 saturated heterocycles. The Bertz CT molecular complexity index is 1200. The van der Waals surface area contributed by atoms with Crippen molar-refractivity contribution < 1.29 is 28.7 Å². The highest BCUT2D eigenvalue weighted by Gasteiger charge is 2.46. The van der Waals surface area contributed by atoms with Crippen molar-refractivity contribution >= 4 is 29.1 Å². The van der Waals surface area contributed by atoms with Gasteiger partial charge in [-0.15, -0.1) is 0 Å². The van der Waals surface area contributed by atoms with Crippen LogP contribution in [0.4, 0.5) is 0 Å². The first-order valence-electron chi connectivity index (χ1n) is 11.9. The summed E-state index contributed by atoms with van der Waals surface area (Å²) < 4.78 is 5.61. The molecular weight excluding hydrogens is 464 g/mol. The van der Waals surface area contributed by atoms with Crippen LogP contribution in [-0.4, -0.2) is 46.2 Å². The summed E-state index contributed by atoms with van der Waals surface area (Å²) in [7, 11) is 0. The summed E-state index contributed by atoms with van der Waals surface area (Å²) in [4.78, 5) is 79.5. The zero-order chi connectivity index (χ0) is 26.4. The van der Waals surface area contributed by atoms with Gasteiger partial charge in [-0.1, -0.05) is 57.2 Å². The number of carbonyl (C=O) groups excluding carboxylic acids is 5. The van der Waals surface area contributed by atoms with Gasteiger partial charge in [0, 0.05) is 24.7 Å². The van der Waals surface area contributed by atoms with Crippen molar-refractivity contribution in [2.24, 2.45) is 17.8 Å². The molecule has 0 aliphatic heterocycles. The molecule has 0 radical (unpaired) electrons. The fraction of sp³-hybridized carbons (Fsp3) is 0.407. The SMILES string of the molecule is CC(C)C(=O)O[C@@H]1[C@H](C)C(=O)C(=O)[C@@H](NCc2cccc(=O)[nH]2)CC(=O)C(=O)[C@@H]1Cc1ccccc1. The summed E-state index contributed by atoms with van der Waals surface area (Å²) in [5, 5.41) is 2.83. The first kappa shape index (κ1) is 26.9. The van der Waals surface area contributed by atoms with E-state index in [4.69, 9.17) is 4.74 Å². The zero-order valence-corrected chi connectivity index (χ0v) is 20.5. The predicted octanol–water partition coefficient (Wildman–Crippen LogP) is 1.58. The van der Waals surface area contributed by atoms with Crippen LogP contribution in [0.2, 0.25) is 0 Å². The smallest absolute Gasteiger partial charge is 0.308 e. The van der Waals surface area contributed by atoms with Gasteiger partial charge in [-0.25, -0.2) is 0 Å². The molecule has 3 rings (SSSR count). The molecule has 9 nitrogen and oxygen atoms in total. The normalized spacial score (nSPS) is 23.2. The number of nitrogens with one attached hydrogen (secondary N) is 2. The number of pyridine rings is 1. The number of ketones is 4. The Morgan fingerprint density at radius 3 is 2.31 bits per heavy atom. The molecule has 1 saturated carbocycles. The lowest BCUT2D eigenvalue weighted by atomic mass is 9.81. The molecule has 0 unspecified atom stereocenters. The van der Waals surface area contributed by atoms with Crippen LogP contribution in [0.5, 0.6) is 0 Å². The van der Waals surface area contributed by atoms with Crippen molar-refractivity contribution in [3.8, 4) is 0 Å². The molecule has 1 aromatic heterocycles. The van der Waals surface area contributed by atoms with Crippen molar-refractivity contribution in [1.82, 2.24) is 10.3 Å². The van der Waals surface area contributed by atoms with E-state index in [-0.39, 0.29) is 18.5 Å². The average molecular weight is 495 g/mol. The Morgan fingerprint density at radius 1 is 0.972 bits per heavy atom. The summed E-state index contributed by atoms with van der Waals surface area (Å²) in [6.45, 7) is 4.66. The van der Waals surface area contributed by atoms with Crippen LogP contribution < -0.4 is 10.9 Å². The largest absolute Gasteiger partial charge is 0.461 e. The summed E-state index contributed by atoms with van der Waals surface area (Å²) >= 11 is 0. The number of H-pyrrole nitrogens is 1. The zero-order valence-electron chi connectivity index (χ0n) is 20.5. The Balaban J connectivity index is 1.96. The van der Waals surface area contributed by atoms with Gasteiger partial charge in [0.25, 0.3) is 0 Å². The first-order valence-corrected chi connectivity index (χ1v) is 11.9. The predicted molar refractivity (Wildman–Crippen MR) is 130 cm³/mol. The van der Waals surface area contributed by atoms with Crippen molar-refractivity contribution in [2.75, 3.05) is 0 Å². The van der Waals surface area contributed by atoms with E-state index in [1.165, 1.54) is 19.1 Å². The molecule has 0 bridgehead atoms. The van der Waals surface area contributed by atoms with Crippen molar-refractivity contribution in [2.45, 2.75) is 52.3 Å². The maximum atomic E-state index is 13.4. The molecule has 190 valence electrons. The highest BCUT2D eigenvalue weighted by atomic mass is 16.5. The molecule has 1 heterocycles. The first-order chi connectivity index (χ1) is 17.1. The number of esters is 1. The van der Waals surface area contributed by atoms with E-state index in [0.717, 1.165) is 5.56 Å². The van der Waals surface area contributed by atoms with E-state index in [2.05, 4.69) is 10.3 Å². The van der Waals surface area contributed by atoms with E-state index in [1.807, 2.05) is 0 Å². The van der Waals surface area contributed by atoms with Gasteiger partial charge in [-0.2, -0.15) is 0 Å². The Labute approximate surface area is 208 Å². The number of rotatable bonds is 7. The van der Waals surface area contributed by atoms with Gasteiger partial charge in [0.2, 0.25) is 28.7 Å². The van der Waals surface area contributed by atoms with Crippen molar-refractivity contribution in [1.29, 1.82) is 0 Å². The number of carbonyl (C=O) groups is 5. The number of Topliss-reactive ketones (excluding diaryl/α,β-unsaturated/α-hetero) is 4. The third kappa shape index (κ3) is 6.48. The second-order valence-electron chi connectivity index (χ2n) is 9.33. The molecule has 1 fully saturated rings. The van der Waals surface area contributed by atoms with Gasteiger partial charge in [-0.3, -0.25) is 28.8 Å². The minimum absolute atomic E-state index is 0.00513. The minimum atomic E-state index is -1.28. The topological polar surface area (TPSA) is 139 Å². The molecular formula is C27H30N2O7. The summed E-state index contributed by atoms with van der Waals surface area (Å²) in [5.74, 6) is -6.80. The van der Waals surface area contributed by atoms with Crippen LogP contribution in [0.3, 0.4) is 0 Å². The molecule has 0 spiro atoms. The van der Waals surface area contributed by atoms with Crippen LogP contribution in [-0.2, 0) is 41.7 Å². The van der Waals surface area contributed by atoms with Crippen LogP contribution >= 0.6 is 0 Å². The van der Waals surface area contributed by atoms with Crippen molar-refractivity contribution in [3.05, 3.63) is 70.1 Å². The minimum Gasteiger partial charge on any atom is -0.461 e. The third-order valence-corrected chi connectivity index (χ3v) is 6.25. The molecule has 1 aliphatic rings. The van der Waals surface area contributed by atoms with E-state index in [1.54, 1.807) is 50.2 Å². The number of benzene rings is 1. The molecule has 0 amide bonds. The highest BCUT2D eigenvalue weighted by Crippen LogP contribution is 2.27. The van der Waals surface area contributed by atoms with Crippen LogP contribution in [0, 0.1) is 17.8 Å². The average Bonchev–Trinajstić information content (AvgIpc) is 2.88. The van der Waals surface area contributed by atoms with E-state index in [0.29, 0.717) is 5.69 Å². The van der Waals surface area contributed by atoms with E-state index >= 15 is 0 Å². The molecule has 9 heteroatoms. The molecule has 4 atom stereocenters. The molecule has 1 aromatic carbocycles. The number of aromatic amines is 1. The summed E-state index contributed by atoms with van der Waals surface area (Å²) in [5.41, 5.74) is 0.826. The number of aromatic nitrogens is 1. The molecule has 2 aromatic rings. The molecule has 2 N–H and O–H groups in total. The van der Waals surface area contributed by atoms with Crippen molar-refractivity contribution in [3.63, 3.8) is 0 Å². The van der Waals surface area contributed by atoms with Crippen LogP contribution in [0.15, 0.2) is 53.3 Å². The number of hydrogen-bond donors (Lipinski definition) is 2. The molecule has 36 heavy (non-hydrogen) atoms. The third-order valence-electron chi connectivity index (χ3n) is 6.25. The van der Waals surface area contributed by atoms with E-state index in [9.17, 15) is 28.8 Å². The standard InChI is InChI=1S/C27H30N2O7/c1-15(2)27(35)36-26-16(3)23(32)25(34)20(28-14-18-10-7-11-22(31)29-18)13-21(30)24(33)19(26)12-17-8-5-4-6-9-17/h4-11,15-16,19-20,26,28H,12-14H2,1-3H3,(H,29,31)/t16-,19+,20+,26-/m1/s1. The molecule has 1 aliphatic carbocycles. The quantitative estimate of drug-likeness (QED) is 0.437. The maximum absolute atomic E-state index is 13.4. The van der Waals surface area contributed by atoms with Crippen LogP contribution in [0.1, 0.15) is 38.4 Å². The summed E-state index contributed by atoms with van der Waals surface area (Å²) in [6, 6.07) is 12.1. The van der Waals surface area contributed by atoms with Gasteiger partial charge in [0.05, 0.1) is 23.8 Å². The Hall–Kier alpha value is -3.72. The lowest BCUT2D eigenvalue weighted by Crippen LogP contribution is -2.46. The lowest BCUT2D eigenvalue weighted by molar-refractivity contribution is -0.163. The lowest BCUT2D eigenvalue weighted by Gasteiger charge is -2.29. The van der Waals surface area contributed by atoms with Gasteiger partial charge in [0.1, 0.15) is 6.10 Å². The van der Waals surface area contributed by atoms with Gasteiger partial charge < -0.3 is 15.0 Å². The second kappa shape index (κ2) is 11.8. The van der Waals surface area contributed by atoms with E-state index < -0.39 is 65.4 Å². The van der Waals surface area contributed by atoms with Crippen LogP contribution in [0.25, 0.3) is 0 Å². The highest BCUT2D eigenvalue weighted by molar-refractivity contribution is 6.44. The maximum Gasteiger partial charge on any atom is 0.308 e. The fourth-order valence-electron chi connectivity index (χ4n) is 4.15. The monoisotopic (exact) mass is 494 g/mol.